The highest BCUT2D eigenvalue weighted by molar-refractivity contribution is 6.06. The minimum Gasteiger partial charge on any atom is -0.373 e. The number of carbonyl (C=O) groups excluding carboxylic acids is 2. The fraction of sp³-hybridized carbons (Fsp3) is 0.818. The van der Waals surface area contributed by atoms with Crippen LogP contribution in [-0.2, 0) is 14.3 Å². The van der Waals surface area contributed by atoms with Gasteiger partial charge in [0, 0.05) is 6.04 Å². The van der Waals surface area contributed by atoms with Crippen molar-refractivity contribution < 1.29 is 14.3 Å². The van der Waals surface area contributed by atoms with Crippen molar-refractivity contribution in [2.45, 2.75) is 44.9 Å². The minimum absolute atomic E-state index is 0.00722. The summed E-state index contributed by atoms with van der Waals surface area (Å²) in [6.07, 6.45) is 1.91. The molecule has 3 heterocycles. The van der Waals surface area contributed by atoms with Gasteiger partial charge in [-0.3, -0.25) is 14.5 Å². The topological polar surface area (TPSA) is 46.6 Å². The van der Waals surface area contributed by atoms with Crippen molar-refractivity contribution >= 4 is 11.8 Å². The molecule has 3 aliphatic rings. The van der Waals surface area contributed by atoms with E-state index in [1.807, 2.05) is 13.8 Å². The summed E-state index contributed by atoms with van der Waals surface area (Å²) in [6.45, 7) is 3.78. The number of hydrogen-bond acceptors (Lipinski definition) is 3. The molecule has 2 amide bonds. The number of amides is 2. The monoisotopic (exact) mass is 209 g/mol. The number of hydrogen-bond donors (Lipinski definition) is 0. The van der Waals surface area contributed by atoms with Crippen LogP contribution in [0.15, 0.2) is 0 Å². The van der Waals surface area contributed by atoms with Gasteiger partial charge in [0.2, 0.25) is 11.8 Å². The summed E-state index contributed by atoms with van der Waals surface area (Å²) in [6, 6.07) is -0.0185. The SMILES string of the molecule is CC(C)N1C(=O)C2C(C1=O)[C@H]1CC[C@@H]2O1. The second kappa shape index (κ2) is 2.82. The highest BCUT2D eigenvalue weighted by Crippen LogP contribution is 2.48. The third-order valence-corrected chi connectivity index (χ3v) is 3.83. The van der Waals surface area contributed by atoms with Gasteiger partial charge in [-0.1, -0.05) is 0 Å². The van der Waals surface area contributed by atoms with E-state index in [2.05, 4.69) is 0 Å². The molecule has 0 aliphatic carbocycles. The third-order valence-electron chi connectivity index (χ3n) is 3.83. The van der Waals surface area contributed by atoms with Crippen molar-refractivity contribution in [1.82, 2.24) is 4.90 Å². The summed E-state index contributed by atoms with van der Waals surface area (Å²) in [5.74, 6) is -0.350. The maximum atomic E-state index is 12.1. The van der Waals surface area contributed by atoms with Gasteiger partial charge in [-0.25, -0.2) is 0 Å². The van der Waals surface area contributed by atoms with Crippen molar-refractivity contribution in [1.29, 1.82) is 0 Å². The molecule has 0 spiro atoms. The minimum atomic E-state index is -0.168. The fourth-order valence-electron chi connectivity index (χ4n) is 3.24. The van der Waals surface area contributed by atoms with Gasteiger partial charge in [-0.15, -0.1) is 0 Å². The second-order valence-corrected chi connectivity index (χ2v) is 4.98. The second-order valence-electron chi connectivity index (χ2n) is 4.98. The van der Waals surface area contributed by atoms with E-state index < -0.39 is 0 Å². The zero-order valence-corrected chi connectivity index (χ0v) is 8.97. The van der Waals surface area contributed by atoms with Gasteiger partial charge in [-0.2, -0.15) is 0 Å². The lowest BCUT2D eigenvalue weighted by atomic mass is 9.81. The van der Waals surface area contributed by atoms with Gasteiger partial charge in [0.25, 0.3) is 0 Å². The molecule has 2 unspecified atom stereocenters. The van der Waals surface area contributed by atoms with E-state index in [4.69, 9.17) is 4.74 Å². The van der Waals surface area contributed by atoms with E-state index in [1.165, 1.54) is 4.90 Å². The van der Waals surface area contributed by atoms with Crippen molar-refractivity contribution in [3.8, 4) is 0 Å². The molecule has 3 rings (SSSR count). The Hall–Kier alpha value is -0.900. The summed E-state index contributed by atoms with van der Waals surface area (Å²) in [7, 11) is 0. The third kappa shape index (κ3) is 1.00. The van der Waals surface area contributed by atoms with Crippen LogP contribution in [0.2, 0.25) is 0 Å². The van der Waals surface area contributed by atoms with Crippen LogP contribution in [0.5, 0.6) is 0 Å². The molecule has 0 aromatic carbocycles. The highest BCUT2D eigenvalue weighted by Gasteiger charge is 2.62. The molecule has 15 heavy (non-hydrogen) atoms. The first-order chi connectivity index (χ1) is 7.11. The molecule has 2 bridgehead atoms. The van der Waals surface area contributed by atoms with Gasteiger partial charge >= 0.3 is 0 Å². The Labute approximate surface area is 88.6 Å². The van der Waals surface area contributed by atoms with Crippen LogP contribution in [0.4, 0.5) is 0 Å². The molecule has 0 radical (unpaired) electrons. The largest absolute Gasteiger partial charge is 0.373 e. The van der Waals surface area contributed by atoms with E-state index >= 15 is 0 Å². The molecule has 3 saturated heterocycles. The van der Waals surface area contributed by atoms with E-state index in [9.17, 15) is 9.59 Å². The van der Waals surface area contributed by atoms with Crippen molar-refractivity contribution in [3.05, 3.63) is 0 Å². The van der Waals surface area contributed by atoms with E-state index in [-0.39, 0.29) is 41.9 Å². The Morgan fingerprint density at radius 3 is 2.00 bits per heavy atom. The lowest BCUT2D eigenvalue weighted by Crippen LogP contribution is -2.39. The van der Waals surface area contributed by atoms with Crippen LogP contribution in [0.3, 0.4) is 0 Å². The number of rotatable bonds is 1. The van der Waals surface area contributed by atoms with Crippen LogP contribution in [0.25, 0.3) is 0 Å². The number of imide groups is 1. The fourth-order valence-corrected chi connectivity index (χ4v) is 3.24. The number of likely N-dealkylation sites (tertiary alicyclic amines) is 1. The lowest BCUT2D eigenvalue weighted by molar-refractivity contribution is -0.144. The molecule has 0 aromatic rings. The van der Waals surface area contributed by atoms with Gasteiger partial charge in [-0.05, 0) is 26.7 Å². The van der Waals surface area contributed by atoms with Crippen LogP contribution >= 0.6 is 0 Å². The van der Waals surface area contributed by atoms with Crippen LogP contribution in [0, 0.1) is 11.8 Å². The number of fused-ring (bicyclic) bond motifs is 5. The molecular weight excluding hydrogens is 194 g/mol. The van der Waals surface area contributed by atoms with Crippen molar-refractivity contribution in [2.75, 3.05) is 0 Å². The van der Waals surface area contributed by atoms with E-state index in [0.717, 1.165) is 12.8 Å². The van der Waals surface area contributed by atoms with Crippen LogP contribution in [-0.4, -0.2) is 35.0 Å². The normalized spacial score (nSPS) is 43.3. The molecule has 4 nitrogen and oxygen atoms in total. The van der Waals surface area contributed by atoms with Crippen LogP contribution < -0.4 is 0 Å². The Morgan fingerprint density at radius 1 is 1.13 bits per heavy atom. The molecule has 4 atom stereocenters. The molecule has 3 aliphatic heterocycles. The molecule has 4 heteroatoms. The number of nitrogens with zero attached hydrogens (tertiary/aromatic N) is 1. The first-order valence-corrected chi connectivity index (χ1v) is 5.63. The molecular formula is C11H15NO3. The molecule has 0 N–H and O–H groups in total. The Balaban J connectivity index is 1.97. The predicted octanol–water partition coefficient (Wildman–Crippen LogP) is 0.557. The average Bonchev–Trinajstić information content (AvgIpc) is 2.79. The Kier molecular flexibility index (Phi) is 1.75. The Morgan fingerprint density at radius 2 is 1.60 bits per heavy atom. The maximum Gasteiger partial charge on any atom is 0.236 e. The maximum absolute atomic E-state index is 12.1. The number of carbonyl (C=O) groups is 2. The molecule has 82 valence electrons. The van der Waals surface area contributed by atoms with Gasteiger partial charge in [0.05, 0.1) is 24.0 Å². The molecule has 0 saturated carbocycles. The van der Waals surface area contributed by atoms with Gasteiger partial charge < -0.3 is 4.74 Å². The predicted molar refractivity (Wildman–Crippen MR) is 51.9 cm³/mol. The smallest absolute Gasteiger partial charge is 0.236 e. The molecule has 3 fully saturated rings. The summed E-state index contributed by atoms with van der Waals surface area (Å²) < 4.78 is 5.64. The van der Waals surface area contributed by atoms with E-state index in [1.54, 1.807) is 0 Å². The summed E-state index contributed by atoms with van der Waals surface area (Å²) in [5, 5.41) is 0. The summed E-state index contributed by atoms with van der Waals surface area (Å²) in [5.41, 5.74) is 0. The lowest BCUT2D eigenvalue weighted by Gasteiger charge is -2.20. The van der Waals surface area contributed by atoms with Gasteiger partial charge in [0.15, 0.2) is 0 Å². The first kappa shape index (κ1) is 9.33. The number of ether oxygens (including phenoxy) is 1. The standard InChI is InChI=1S/C11H15NO3/c1-5(2)12-10(13)8-6-3-4-7(15-6)9(8)11(12)14/h5-9H,3-4H2,1-2H3/t6-,7+,8?,9?. The van der Waals surface area contributed by atoms with Gasteiger partial charge in [0.1, 0.15) is 0 Å². The van der Waals surface area contributed by atoms with Crippen molar-refractivity contribution in [2.24, 2.45) is 11.8 Å². The summed E-state index contributed by atoms with van der Waals surface area (Å²) in [4.78, 5) is 25.5. The average molecular weight is 209 g/mol. The van der Waals surface area contributed by atoms with Crippen molar-refractivity contribution in [3.63, 3.8) is 0 Å². The first-order valence-electron chi connectivity index (χ1n) is 5.63. The summed E-state index contributed by atoms with van der Waals surface area (Å²) >= 11 is 0. The van der Waals surface area contributed by atoms with E-state index in [0.29, 0.717) is 0 Å². The zero-order chi connectivity index (χ0) is 10.7. The zero-order valence-electron chi connectivity index (χ0n) is 8.97. The Bertz CT molecular complexity index is 311. The molecule has 0 aromatic heterocycles. The highest BCUT2D eigenvalue weighted by atomic mass is 16.5. The quantitative estimate of drug-likeness (QED) is 0.593. The van der Waals surface area contributed by atoms with Crippen LogP contribution in [0.1, 0.15) is 26.7 Å².